The summed E-state index contributed by atoms with van der Waals surface area (Å²) >= 11 is 0. The summed E-state index contributed by atoms with van der Waals surface area (Å²) < 4.78 is 24.9. The molecule has 0 saturated heterocycles. The van der Waals surface area contributed by atoms with Crippen molar-refractivity contribution in [2.45, 2.75) is 33.4 Å². The highest BCUT2D eigenvalue weighted by atomic mass is 19.1. The van der Waals surface area contributed by atoms with Gasteiger partial charge in [-0.1, -0.05) is 30.3 Å². The molecule has 0 aliphatic carbocycles. The summed E-state index contributed by atoms with van der Waals surface area (Å²) in [7, 11) is 3.46. The van der Waals surface area contributed by atoms with Gasteiger partial charge in [0.2, 0.25) is 0 Å². The van der Waals surface area contributed by atoms with E-state index in [2.05, 4.69) is 0 Å². The number of nitrogens with zero attached hydrogens (tertiary/aromatic N) is 2. The van der Waals surface area contributed by atoms with Crippen LogP contribution in [0.5, 0.6) is 11.5 Å². The van der Waals surface area contributed by atoms with Crippen molar-refractivity contribution in [3.63, 3.8) is 0 Å². The third-order valence-corrected chi connectivity index (χ3v) is 6.33. The fourth-order valence-electron chi connectivity index (χ4n) is 4.28. The normalized spacial score (nSPS) is 11.9. The highest BCUT2D eigenvalue weighted by Gasteiger charge is 2.17. The number of methoxy groups -OCH3 is 1. The molecule has 1 N–H and O–H groups in total. The zero-order chi connectivity index (χ0) is 26.9. The molecule has 0 fully saturated rings. The van der Waals surface area contributed by atoms with Gasteiger partial charge in [0.1, 0.15) is 18.5 Å². The number of benzene rings is 3. The number of hydrogen-bond donors (Lipinski definition) is 1. The van der Waals surface area contributed by atoms with E-state index in [-0.39, 0.29) is 18.3 Å². The average Bonchev–Trinajstić information content (AvgIpc) is 2.89. The van der Waals surface area contributed by atoms with Gasteiger partial charge < -0.3 is 19.5 Å². The highest BCUT2D eigenvalue weighted by Crippen LogP contribution is 2.29. The smallest absolute Gasteiger partial charge is 0.253 e. The second-order valence-electron chi connectivity index (χ2n) is 9.16. The van der Waals surface area contributed by atoms with Crippen molar-refractivity contribution in [3.05, 3.63) is 83.2 Å². The standard InChI is InChI=1S/C30H37FN2O4/c1-6-33(7-2)30(35)24-13-15-28(29(16-24)36-5)37-20-26(34)19-32(4)18-22-9-11-23(12-10-22)27-17-25(31)14-8-21(27)3/h8-17,26,34H,6-7,18-20H2,1-5H3. The Balaban J connectivity index is 1.54. The van der Waals surface area contributed by atoms with Crippen molar-refractivity contribution in [2.75, 3.05) is 40.4 Å². The number of amides is 1. The molecule has 1 unspecified atom stereocenters. The maximum atomic E-state index is 13.7. The number of hydrogen-bond acceptors (Lipinski definition) is 5. The van der Waals surface area contributed by atoms with E-state index in [9.17, 15) is 14.3 Å². The van der Waals surface area contributed by atoms with E-state index in [0.29, 0.717) is 43.2 Å². The molecular weight excluding hydrogens is 471 g/mol. The van der Waals surface area contributed by atoms with Crippen LogP contribution in [0, 0.1) is 12.7 Å². The van der Waals surface area contributed by atoms with Gasteiger partial charge in [-0.3, -0.25) is 9.69 Å². The fraction of sp³-hybridized carbons (Fsp3) is 0.367. The molecule has 0 aliphatic heterocycles. The number of rotatable bonds is 12. The Bertz CT molecular complexity index is 1180. The lowest BCUT2D eigenvalue weighted by atomic mass is 9.99. The maximum absolute atomic E-state index is 13.7. The van der Waals surface area contributed by atoms with E-state index in [1.54, 1.807) is 35.2 Å². The van der Waals surface area contributed by atoms with Crippen LogP contribution < -0.4 is 9.47 Å². The molecule has 3 rings (SSSR count). The van der Waals surface area contributed by atoms with Crippen molar-refractivity contribution in [2.24, 2.45) is 0 Å². The van der Waals surface area contributed by atoms with E-state index in [0.717, 1.165) is 22.3 Å². The molecule has 0 aliphatic rings. The van der Waals surface area contributed by atoms with Crippen molar-refractivity contribution in [3.8, 4) is 22.6 Å². The molecule has 1 atom stereocenters. The van der Waals surface area contributed by atoms with Crippen molar-refractivity contribution < 1.29 is 23.8 Å². The van der Waals surface area contributed by atoms with E-state index in [1.165, 1.54) is 13.2 Å². The van der Waals surface area contributed by atoms with Crippen LogP contribution in [-0.2, 0) is 6.54 Å². The van der Waals surface area contributed by atoms with Crippen molar-refractivity contribution in [1.29, 1.82) is 0 Å². The summed E-state index contributed by atoms with van der Waals surface area (Å²) in [5.74, 6) is 0.619. The summed E-state index contributed by atoms with van der Waals surface area (Å²) in [5.41, 5.74) is 4.50. The molecule has 0 aromatic heterocycles. The topological polar surface area (TPSA) is 62.2 Å². The van der Waals surface area contributed by atoms with Crippen LogP contribution in [0.2, 0.25) is 0 Å². The predicted molar refractivity (Wildman–Crippen MR) is 145 cm³/mol. The summed E-state index contributed by atoms with van der Waals surface area (Å²) in [6, 6.07) is 17.9. The van der Waals surface area contributed by atoms with Gasteiger partial charge in [0.05, 0.1) is 7.11 Å². The van der Waals surface area contributed by atoms with Gasteiger partial charge in [0.25, 0.3) is 5.91 Å². The van der Waals surface area contributed by atoms with Crippen molar-refractivity contribution in [1.82, 2.24) is 9.80 Å². The number of aliphatic hydroxyl groups is 1. The minimum Gasteiger partial charge on any atom is -0.493 e. The summed E-state index contributed by atoms with van der Waals surface area (Å²) in [5, 5.41) is 10.5. The Hall–Kier alpha value is -3.42. The molecule has 1 amide bonds. The van der Waals surface area contributed by atoms with Crippen LogP contribution in [0.1, 0.15) is 35.3 Å². The van der Waals surface area contributed by atoms with Crippen LogP contribution >= 0.6 is 0 Å². The van der Waals surface area contributed by atoms with Crippen LogP contribution in [0.15, 0.2) is 60.7 Å². The van der Waals surface area contributed by atoms with E-state index < -0.39 is 6.10 Å². The number of likely N-dealkylation sites (N-methyl/N-ethyl adjacent to an activating group) is 1. The number of carbonyl (C=O) groups is 1. The molecule has 0 heterocycles. The molecule has 198 valence electrons. The Morgan fingerprint density at radius 1 is 1.00 bits per heavy atom. The zero-order valence-electron chi connectivity index (χ0n) is 22.3. The first-order chi connectivity index (χ1) is 17.7. The SMILES string of the molecule is CCN(CC)C(=O)c1ccc(OCC(O)CN(C)Cc2ccc(-c3cc(F)ccc3C)cc2)c(OC)c1. The third kappa shape index (κ3) is 7.54. The molecule has 3 aromatic rings. The summed E-state index contributed by atoms with van der Waals surface area (Å²) in [6.45, 7) is 8.25. The van der Waals surface area contributed by atoms with E-state index >= 15 is 0 Å². The van der Waals surface area contributed by atoms with Gasteiger partial charge in [-0.05, 0) is 80.4 Å². The van der Waals surface area contributed by atoms with Gasteiger partial charge >= 0.3 is 0 Å². The monoisotopic (exact) mass is 508 g/mol. The predicted octanol–water partition coefficient (Wildman–Crippen LogP) is 5.16. The maximum Gasteiger partial charge on any atom is 0.253 e. The molecular formula is C30H37FN2O4. The van der Waals surface area contributed by atoms with Gasteiger partial charge in [-0.25, -0.2) is 4.39 Å². The molecule has 0 bridgehead atoms. The van der Waals surface area contributed by atoms with E-state index in [4.69, 9.17) is 9.47 Å². The first-order valence-corrected chi connectivity index (χ1v) is 12.6. The molecule has 0 spiro atoms. The molecule has 0 radical (unpaired) electrons. The molecule has 0 saturated carbocycles. The van der Waals surface area contributed by atoms with Crippen LogP contribution in [0.3, 0.4) is 0 Å². The lowest BCUT2D eigenvalue weighted by Crippen LogP contribution is -2.32. The van der Waals surface area contributed by atoms with Gasteiger partial charge in [-0.15, -0.1) is 0 Å². The second kappa shape index (κ2) is 13.2. The Labute approximate surface area is 219 Å². The number of aliphatic hydroxyl groups excluding tert-OH is 1. The Morgan fingerprint density at radius 2 is 1.70 bits per heavy atom. The molecule has 7 heteroatoms. The Morgan fingerprint density at radius 3 is 2.35 bits per heavy atom. The molecule has 37 heavy (non-hydrogen) atoms. The highest BCUT2D eigenvalue weighted by molar-refractivity contribution is 5.94. The Kier molecular flexibility index (Phi) is 10.1. The van der Waals surface area contributed by atoms with Gasteiger partial charge in [0.15, 0.2) is 11.5 Å². The lowest BCUT2D eigenvalue weighted by molar-refractivity contribution is 0.0729. The van der Waals surface area contributed by atoms with Crippen molar-refractivity contribution >= 4 is 5.91 Å². The number of carbonyl (C=O) groups excluding carboxylic acids is 1. The minimum absolute atomic E-state index is 0.0596. The van der Waals surface area contributed by atoms with Gasteiger partial charge in [-0.2, -0.15) is 0 Å². The van der Waals surface area contributed by atoms with Crippen LogP contribution in [0.4, 0.5) is 4.39 Å². The van der Waals surface area contributed by atoms with Crippen LogP contribution in [-0.4, -0.2) is 67.3 Å². The lowest BCUT2D eigenvalue weighted by Gasteiger charge is -2.22. The number of aryl methyl sites for hydroxylation is 1. The van der Waals surface area contributed by atoms with Gasteiger partial charge in [0, 0.05) is 31.7 Å². The van der Waals surface area contributed by atoms with E-state index in [1.807, 2.05) is 57.0 Å². The number of halogens is 1. The molecule has 6 nitrogen and oxygen atoms in total. The summed E-state index contributed by atoms with van der Waals surface area (Å²) in [6.07, 6.45) is -0.721. The van der Waals surface area contributed by atoms with Crippen LogP contribution in [0.25, 0.3) is 11.1 Å². The average molecular weight is 509 g/mol. The third-order valence-electron chi connectivity index (χ3n) is 6.33. The largest absolute Gasteiger partial charge is 0.493 e. The zero-order valence-corrected chi connectivity index (χ0v) is 22.3. The summed E-state index contributed by atoms with van der Waals surface area (Å²) in [4.78, 5) is 16.4. The molecule has 3 aromatic carbocycles. The first-order valence-electron chi connectivity index (χ1n) is 12.6. The number of ether oxygens (including phenoxy) is 2. The minimum atomic E-state index is -0.721. The second-order valence-corrected chi connectivity index (χ2v) is 9.16. The fourth-order valence-corrected chi connectivity index (χ4v) is 4.28. The quantitative estimate of drug-likeness (QED) is 0.366. The first kappa shape index (κ1) is 28.2.